The largest absolute Gasteiger partial charge is 0.465 e. The van der Waals surface area contributed by atoms with Crippen molar-refractivity contribution < 1.29 is 23.1 Å². The van der Waals surface area contributed by atoms with Crippen LogP contribution in [0, 0.1) is 11.6 Å². The lowest BCUT2D eigenvalue weighted by molar-refractivity contribution is -0.148. The molecule has 0 fully saturated rings. The number of halogens is 2. The molecule has 1 aliphatic rings. The first-order valence-electron chi connectivity index (χ1n) is 10.6. The summed E-state index contributed by atoms with van der Waals surface area (Å²) in [5.41, 5.74) is 0.420. The minimum absolute atomic E-state index is 0.0398. The van der Waals surface area contributed by atoms with Crippen LogP contribution in [0.5, 0.6) is 0 Å². The van der Waals surface area contributed by atoms with Crippen LogP contribution in [0.3, 0.4) is 0 Å². The number of carbonyl (C=O) groups is 2. The molecule has 2 N–H and O–H groups in total. The van der Waals surface area contributed by atoms with Gasteiger partial charge in [0.1, 0.15) is 17.5 Å². The first-order valence-corrected chi connectivity index (χ1v) is 10.6. The number of imidazole rings is 1. The summed E-state index contributed by atoms with van der Waals surface area (Å²) < 4.78 is 35.6. The van der Waals surface area contributed by atoms with Gasteiger partial charge in [0.25, 0.3) is 5.91 Å². The van der Waals surface area contributed by atoms with E-state index in [1.807, 2.05) is 0 Å². The molecule has 2 aromatic carbocycles. The monoisotopic (exact) mass is 454 g/mol. The highest BCUT2D eigenvalue weighted by Gasteiger charge is 2.32. The first-order chi connectivity index (χ1) is 15.7. The number of hydrogen-bond acceptors (Lipinski definition) is 5. The number of carbonyl (C=O) groups excluding carboxylic acids is 2. The van der Waals surface area contributed by atoms with Gasteiger partial charge in [-0.2, -0.15) is 0 Å². The van der Waals surface area contributed by atoms with E-state index in [0.717, 1.165) is 17.7 Å². The summed E-state index contributed by atoms with van der Waals surface area (Å²) >= 11 is 0. The van der Waals surface area contributed by atoms with E-state index in [9.17, 15) is 18.4 Å². The Kier molecular flexibility index (Phi) is 5.88. The maximum absolute atomic E-state index is 14.5. The number of nitrogens with zero attached hydrogens (tertiary/aromatic N) is 2. The van der Waals surface area contributed by atoms with Crippen molar-refractivity contribution in [2.75, 3.05) is 18.5 Å². The van der Waals surface area contributed by atoms with Crippen molar-refractivity contribution in [3.05, 3.63) is 65.4 Å². The number of esters is 1. The van der Waals surface area contributed by atoms with Crippen molar-refractivity contribution in [2.24, 2.45) is 0 Å². The summed E-state index contributed by atoms with van der Waals surface area (Å²) in [4.78, 5) is 29.2. The van der Waals surface area contributed by atoms with Gasteiger partial charge in [-0.25, -0.2) is 13.8 Å². The van der Waals surface area contributed by atoms with E-state index in [1.165, 1.54) is 10.6 Å². The SMILES string of the molecule is CCOC(=O)C(C)(C)c1ccc(Nc2nc(-c3c(F)cccc3F)n3c2C(=O)NCC3)cc1. The van der Waals surface area contributed by atoms with E-state index in [1.54, 1.807) is 45.0 Å². The standard InChI is InChI=1S/C24H24F2N4O3/c1-4-33-23(32)24(2,3)14-8-10-15(11-9-14)28-20-19-22(31)27-12-13-30(19)21(29-20)18-16(25)6-5-7-17(18)26/h5-11,28H,4,12-13H2,1-3H3,(H,27,31). The predicted octanol–water partition coefficient (Wildman–Crippen LogP) is 4.16. The van der Waals surface area contributed by atoms with Crippen LogP contribution < -0.4 is 10.6 Å². The van der Waals surface area contributed by atoms with E-state index in [-0.39, 0.29) is 34.8 Å². The molecular formula is C24H24F2N4O3. The quantitative estimate of drug-likeness (QED) is 0.547. The minimum Gasteiger partial charge on any atom is -0.465 e. The number of rotatable bonds is 6. The Morgan fingerprint density at radius 3 is 2.48 bits per heavy atom. The van der Waals surface area contributed by atoms with Crippen LogP contribution in [0.1, 0.15) is 36.8 Å². The fourth-order valence-corrected chi connectivity index (χ4v) is 3.79. The van der Waals surface area contributed by atoms with Gasteiger partial charge in [0.05, 0.1) is 17.6 Å². The van der Waals surface area contributed by atoms with Crippen LogP contribution in [-0.4, -0.2) is 34.6 Å². The molecule has 33 heavy (non-hydrogen) atoms. The number of fused-ring (bicyclic) bond motifs is 1. The van der Waals surface area contributed by atoms with Crippen LogP contribution in [-0.2, 0) is 21.5 Å². The molecule has 0 aliphatic carbocycles. The molecule has 0 spiro atoms. The molecule has 4 rings (SSSR count). The van der Waals surface area contributed by atoms with Crippen LogP contribution in [0.15, 0.2) is 42.5 Å². The number of benzene rings is 2. The molecule has 0 saturated heterocycles. The Hall–Kier alpha value is -3.75. The third-order valence-electron chi connectivity index (χ3n) is 5.65. The van der Waals surface area contributed by atoms with E-state index in [2.05, 4.69) is 15.6 Å². The van der Waals surface area contributed by atoms with Crippen molar-refractivity contribution in [1.82, 2.24) is 14.9 Å². The second-order valence-electron chi connectivity index (χ2n) is 8.18. The average molecular weight is 454 g/mol. The highest BCUT2D eigenvalue weighted by Crippen LogP contribution is 2.33. The molecule has 1 aliphatic heterocycles. The van der Waals surface area contributed by atoms with Gasteiger partial charge in [0, 0.05) is 18.8 Å². The van der Waals surface area contributed by atoms with Gasteiger partial charge in [-0.1, -0.05) is 18.2 Å². The number of nitrogens with one attached hydrogen (secondary N) is 2. The number of amides is 1. The third-order valence-corrected chi connectivity index (χ3v) is 5.65. The van der Waals surface area contributed by atoms with Crippen LogP contribution in [0.4, 0.5) is 20.3 Å². The first kappa shape index (κ1) is 22.4. The highest BCUT2D eigenvalue weighted by atomic mass is 19.1. The van der Waals surface area contributed by atoms with Gasteiger partial charge in [0.2, 0.25) is 0 Å². The lowest BCUT2D eigenvalue weighted by atomic mass is 9.84. The molecule has 172 valence electrons. The van der Waals surface area contributed by atoms with Crippen LogP contribution in [0.25, 0.3) is 11.4 Å². The lowest BCUT2D eigenvalue weighted by Gasteiger charge is -2.23. The molecule has 0 bridgehead atoms. The molecule has 1 aromatic heterocycles. The third kappa shape index (κ3) is 4.06. The maximum Gasteiger partial charge on any atom is 0.315 e. The summed E-state index contributed by atoms with van der Waals surface area (Å²) in [6.07, 6.45) is 0. The Morgan fingerprint density at radius 1 is 1.18 bits per heavy atom. The van der Waals surface area contributed by atoms with Crippen molar-refractivity contribution >= 4 is 23.4 Å². The molecule has 9 heteroatoms. The number of ether oxygens (including phenoxy) is 1. The Balaban J connectivity index is 1.70. The van der Waals surface area contributed by atoms with Gasteiger partial charge in [-0.3, -0.25) is 9.59 Å². The molecule has 2 heterocycles. The molecule has 7 nitrogen and oxygen atoms in total. The van der Waals surface area contributed by atoms with Gasteiger partial charge < -0.3 is 19.9 Å². The summed E-state index contributed by atoms with van der Waals surface area (Å²) in [6.45, 7) is 6.25. The molecule has 1 amide bonds. The predicted molar refractivity (Wildman–Crippen MR) is 119 cm³/mol. The van der Waals surface area contributed by atoms with Gasteiger partial charge in [0.15, 0.2) is 11.5 Å². The van der Waals surface area contributed by atoms with Gasteiger partial charge >= 0.3 is 5.97 Å². The molecule has 0 saturated carbocycles. The zero-order valence-corrected chi connectivity index (χ0v) is 18.5. The topological polar surface area (TPSA) is 85.2 Å². The van der Waals surface area contributed by atoms with Crippen molar-refractivity contribution in [3.63, 3.8) is 0 Å². The van der Waals surface area contributed by atoms with Crippen molar-refractivity contribution in [1.29, 1.82) is 0 Å². The van der Waals surface area contributed by atoms with E-state index >= 15 is 0 Å². The van der Waals surface area contributed by atoms with Crippen LogP contribution in [0.2, 0.25) is 0 Å². The lowest BCUT2D eigenvalue weighted by Crippen LogP contribution is -2.35. The number of anilines is 2. The number of aromatic nitrogens is 2. The fourth-order valence-electron chi connectivity index (χ4n) is 3.79. The molecule has 0 unspecified atom stereocenters. The van der Waals surface area contributed by atoms with Crippen molar-refractivity contribution in [2.45, 2.75) is 32.7 Å². The minimum atomic E-state index is -0.836. The zero-order valence-electron chi connectivity index (χ0n) is 18.5. The molecule has 0 atom stereocenters. The van der Waals surface area contributed by atoms with Gasteiger partial charge in [-0.05, 0) is 50.6 Å². The van der Waals surface area contributed by atoms with E-state index in [4.69, 9.17) is 4.74 Å². The highest BCUT2D eigenvalue weighted by molar-refractivity contribution is 5.99. The van der Waals surface area contributed by atoms with E-state index < -0.39 is 17.0 Å². The second-order valence-corrected chi connectivity index (χ2v) is 8.18. The molecule has 0 radical (unpaired) electrons. The Bertz CT molecular complexity index is 1200. The smallest absolute Gasteiger partial charge is 0.315 e. The zero-order chi connectivity index (χ0) is 23.8. The molecular weight excluding hydrogens is 430 g/mol. The number of hydrogen-bond donors (Lipinski definition) is 2. The van der Waals surface area contributed by atoms with Crippen molar-refractivity contribution in [3.8, 4) is 11.4 Å². The molecule has 3 aromatic rings. The van der Waals surface area contributed by atoms with Crippen LogP contribution >= 0.6 is 0 Å². The summed E-state index contributed by atoms with van der Waals surface area (Å²) in [7, 11) is 0. The normalized spacial score (nSPS) is 13.3. The summed E-state index contributed by atoms with van der Waals surface area (Å²) in [5, 5.41) is 5.80. The summed E-state index contributed by atoms with van der Waals surface area (Å²) in [6, 6.07) is 10.6. The maximum atomic E-state index is 14.5. The Labute approximate surface area is 189 Å². The average Bonchev–Trinajstić information content (AvgIpc) is 3.13. The van der Waals surface area contributed by atoms with Gasteiger partial charge in [-0.15, -0.1) is 0 Å². The Morgan fingerprint density at radius 2 is 1.85 bits per heavy atom. The second kappa shape index (κ2) is 8.65. The fraction of sp³-hybridized carbons (Fsp3) is 0.292. The summed E-state index contributed by atoms with van der Waals surface area (Å²) in [5.74, 6) is -2.02. The van der Waals surface area contributed by atoms with E-state index in [0.29, 0.717) is 25.4 Å².